The Bertz CT molecular complexity index is 304. The minimum absolute atomic E-state index is 0. The first-order valence-corrected chi connectivity index (χ1v) is 4.45. The Balaban J connectivity index is 0. The molecule has 0 aliphatic heterocycles. The van der Waals surface area contributed by atoms with Crippen molar-refractivity contribution in [3.63, 3.8) is 0 Å². The van der Waals surface area contributed by atoms with Gasteiger partial charge in [-0.3, -0.25) is 10.1 Å². The first-order chi connectivity index (χ1) is 6.20. The van der Waals surface area contributed by atoms with Gasteiger partial charge in [-0.1, -0.05) is 32.0 Å². The summed E-state index contributed by atoms with van der Waals surface area (Å²) in [5, 5.41) is 10.8. The predicted molar refractivity (Wildman–Crippen MR) is 58.3 cm³/mol. The van der Waals surface area contributed by atoms with E-state index in [1.165, 1.54) is 0 Å². The van der Waals surface area contributed by atoms with Gasteiger partial charge < -0.3 is 7.43 Å². The number of benzene rings is 1. The van der Waals surface area contributed by atoms with E-state index in [1.807, 2.05) is 32.0 Å². The molecule has 1 rings (SSSR count). The molecule has 0 saturated heterocycles. The third-order valence-electron chi connectivity index (χ3n) is 2.15. The van der Waals surface area contributed by atoms with E-state index in [2.05, 4.69) is 0 Å². The van der Waals surface area contributed by atoms with Crippen LogP contribution in [0.15, 0.2) is 18.2 Å². The maximum Gasteiger partial charge on any atom is 0.275 e. The van der Waals surface area contributed by atoms with Crippen LogP contribution in [0.3, 0.4) is 0 Å². The molecular weight excluding hydrogens is 267 g/mol. The monoisotopic (exact) mass is 283 g/mol. The number of hydrogen-bond donors (Lipinski definition) is 0. The van der Waals surface area contributed by atoms with Crippen LogP contribution in [0.4, 0.5) is 5.69 Å². The average molecular weight is 283 g/mol. The van der Waals surface area contributed by atoms with E-state index in [4.69, 9.17) is 0 Å². The average Bonchev–Trinajstić information content (AvgIpc) is 2.16. The Morgan fingerprint density at radius 3 is 1.87 bits per heavy atom. The van der Waals surface area contributed by atoms with Crippen LogP contribution in [0.5, 0.6) is 0 Å². The van der Waals surface area contributed by atoms with E-state index in [0.717, 1.165) is 11.1 Å². The van der Waals surface area contributed by atoms with Gasteiger partial charge in [-0.2, -0.15) is 0 Å². The van der Waals surface area contributed by atoms with Gasteiger partial charge in [-0.05, 0) is 12.8 Å². The third-order valence-corrected chi connectivity index (χ3v) is 2.15. The van der Waals surface area contributed by atoms with E-state index >= 15 is 0 Å². The molecule has 0 amide bonds. The summed E-state index contributed by atoms with van der Waals surface area (Å²) in [6.07, 6.45) is 1.42. The zero-order valence-corrected chi connectivity index (χ0v) is 12.3. The molecule has 0 atom stereocenters. The largest absolute Gasteiger partial charge is 0.358 e. The number of aryl methyl sites for hydroxylation is 2. The van der Waals surface area contributed by atoms with Crippen LogP contribution in [0.1, 0.15) is 25.0 Å². The van der Waals surface area contributed by atoms with Gasteiger partial charge in [0.05, 0.1) is 4.92 Å². The van der Waals surface area contributed by atoms with Crippen LogP contribution in [-0.2, 0) is 45.6 Å². The van der Waals surface area contributed by atoms with Gasteiger partial charge in [0.2, 0.25) is 0 Å². The Morgan fingerprint density at radius 2 is 1.60 bits per heavy atom. The normalized spacial score (nSPS) is 8.67. The van der Waals surface area contributed by atoms with Crippen LogP contribution in [0, 0.1) is 17.5 Å². The molecule has 1 aromatic carbocycles. The molecule has 1 aromatic rings. The van der Waals surface area contributed by atoms with Crippen molar-refractivity contribution in [1.82, 2.24) is 0 Å². The molecule has 15 heavy (non-hydrogen) atoms. The summed E-state index contributed by atoms with van der Waals surface area (Å²) >= 11 is 0. The fourth-order valence-corrected chi connectivity index (χ4v) is 1.45. The Hall–Kier alpha value is -0.276. The van der Waals surface area contributed by atoms with E-state index in [1.54, 1.807) is 0 Å². The van der Waals surface area contributed by atoms with Gasteiger partial charge in [-0.15, -0.1) is 0 Å². The van der Waals surface area contributed by atoms with E-state index in [-0.39, 0.29) is 45.1 Å². The molecule has 3 nitrogen and oxygen atoms in total. The summed E-state index contributed by atoms with van der Waals surface area (Å²) in [6, 6.07) is 5.51. The minimum Gasteiger partial charge on any atom is -0.358 e. The Labute approximate surface area is 116 Å². The second-order valence-electron chi connectivity index (χ2n) is 2.89. The van der Waals surface area contributed by atoms with Crippen LogP contribution in [0.25, 0.3) is 0 Å². The maximum absolute atomic E-state index is 10.8. The predicted octanol–water partition coefficient (Wildman–Crippen LogP) is 3.17. The van der Waals surface area contributed by atoms with Crippen molar-refractivity contribution in [3.05, 3.63) is 46.9 Å². The van der Waals surface area contributed by atoms with Crippen molar-refractivity contribution >= 4 is 5.69 Å². The summed E-state index contributed by atoms with van der Waals surface area (Å²) in [4.78, 5) is 10.5. The van der Waals surface area contributed by atoms with Crippen molar-refractivity contribution in [2.24, 2.45) is 0 Å². The zero-order chi connectivity index (χ0) is 9.84. The van der Waals surface area contributed by atoms with Gasteiger partial charge >= 0.3 is 0 Å². The number of para-hydroxylation sites is 1. The van der Waals surface area contributed by atoms with Gasteiger partial charge in [0, 0.05) is 43.8 Å². The van der Waals surface area contributed by atoms with Crippen LogP contribution in [0.2, 0.25) is 0 Å². The molecule has 0 aliphatic carbocycles. The molecule has 1 radical (unpaired) electrons. The van der Waals surface area contributed by atoms with Crippen molar-refractivity contribution < 1.29 is 37.6 Å². The molecule has 0 fully saturated rings. The first kappa shape index (κ1) is 17.1. The molecule has 0 N–H and O–H groups in total. The summed E-state index contributed by atoms with van der Waals surface area (Å²) < 4.78 is 0. The van der Waals surface area contributed by atoms with E-state index in [9.17, 15) is 10.1 Å². The third kappa shape index (κ3) is 4.00. The van der Waals surface area contributed by atoms with Crippen LogP contribution < -0.4 is 0 Å². The van der Waals surface area contributed by atoms with E-state index in [0.29, 0.717) is 18.5 Å². The van der Waals surface area contributed by atoms with Crippen molar-refractivity contribution in [2.75, 3.05) is 0 Å². The molecule has 0 heterocycles. The van der Waals surface area contributed by atoms with Crippen LogP contribution >= 0.6 is 0 Å². The minimum atomic E-state index is -0.280. The second kappa shape index (κ2) is 7.94. The molecule has 81 valence electrons. The van der Waals surface area contributed by atoms with Gasteiger partial charge in [0.25, 0.3) is 5.69 Å². The summed E-state index contributed by atoms with van der Waals surface area (Å²) in [5.41, 5.74) is 1.95. The summed E-state index contributed by atoms with van der Waals surface area (Å²) in [6.45, 7) is 3.86. The number of nitrogens with zero attached hydrogens (tertiary/aromatic N) is 1. The zero-order valence-electron chi connectivity index (χ0n) is 9.49. The second-order valence-corrected chi connectivity index (χ2v) is 2.89. The number of nitro groups is 1. The number of nitro benzene ring substituents is 1. The van der Waals surface area contributed by atoms with Crippen molar-refractivity contribution in [3.8, 4) is 0 Å². The Morgan fingerprint density at radius 1 is 1.20 bits per heavy atom. The fraction of sp³-hybridized carbons (Fsp3) is 0.364. The van der Waals surface area contributed by atoms with Crippen LogP contribution in [-0.4, -0.2) is 4.92 Å². The topological polar surface area (TPSA) is 43.1 Å². The van der Waals surface area contributed by atoms with Gasteiger partial charge in [-0.25, -0.2) is 0 Å². The number of rotatable bonds is 3. The van der Waals surface area contributed by atoms with Gasteiger partial charge in [0.15, 0.2) is 0 Å². The molecule has 0 spiro atoms. The molecule has 0 bridgehead atoms. The van der Waals surface area contributed by atoms with Crippen molar-refractivity contribution in [1.29, 1.82) is 0 Å². The smallest absolute Gasteiger partial charge is 0.275 e. The quantitative estimate of drug-likeness (QED) is 0.486. The number of hydrogen-bond acceptors (Lipinski definition) is 2. The molecule has 4 heteroatoms. The summed E-state index contributed by atoms with van der Waals surface area (Å²) in [5.74, 6) is 0. The van der Waals surface area contributed by atoms with E-state index < -0.39 is 0 Å². The maximum atomic E-state index is 10.8. The van der Waals surface area contributed by atoms with Gasteiger partial charge in [0.1, 0.15) is 0 Å². The molecule has 0 aromatic heterocycles. The standard InChI is InChI=1S/C10H13NO2.CH3.Y/c1-3-8-6-5-7-9(4-2)10(8)11(12)13;;/h5-7H,3-4H2,1-2H3;1H3;/q;-1;. The Kier molecular flexibility index (Phi) is 9.07. The summed E-state index contributed by atoms with van der Waals surface area (Å²) in [7, 11) is 0. The molecular formula is C11H16NO2Y-. The SMILES string of the molecule is CCc1cccc(CC)c1[N+](=O)[O-].[CH3-].[Y]. The van der Waals surface area contributed by atoms with Crippen molar-refractivity contribution in [2.45, 2.75) is 26.7 Å². The molecule has 0 saturated carbocycles. The molecule has 0 aliphatic rings. The first-order valence-electron chi connectivity index (χ1n) is 4.45. The molecule has 0 unspecified atom stereocenters. The fourth-order valence-electron chi connectivity index (χ4n) is 1.45.